The lowest BCUT2D eigenvalue weighted by atomic mass is 10.2. The van der Waals surface area contributed by atoms with E-state index in [0.717, 1.165) is 6.42 Å². The first-order chi connectivity index (χ1) is 6.61. The molecule has 0 saturated carbocycles. The van der Waals surface area contributed by atoms with E-state index in [9.17, 15) is 17.6 Å². The van der Waals surface area contributed by atoms with Crippen molar-refractivity contribution in [2.45, 2.75) is 6.42 Å². The van der Waals surface area contributed by atoms with E-state index in [4.69, 9.17) is 0 Å². The van der Waals surface area contributed by atoms with Gasteiger partial charge in [0.1, 0.15) is 5.69 Å². The molecule has 0 atom stereocenters. The van der Waals surface area contributed by atoms with Gasteiger partial charge in [0.15, 0.2) is 0 Å². The molecule has 0 radical (unpaired) electrons. The van der Waals surface area contributed by atoms with Crippen LogP contribution in [0.3, 0.4) is 0 Å². The summed E-state index contributed by atoms with van der Waals surface area (Å²) in [5, 5.41) is 0. The molecule has 1 aliphatic heterocycles. The average molecular weight is 206 g/mol. The fourth-order valence-electron chi connectivity index (χ4n) is 1.29. The number of anilines is 1. The molecule has 0 aliphatic carbocycles. The molecule has 0 spiro atoms. The third-order valence-corrected chi connectivity index (χ3v) is 2.15. The van der Waals surface area contributed by atoms with Gasteiger partial charge in [0, 0.05) is 13.1 Å². The Balaban J connectivity index is 2.54. The molecule has 1 aromatic rings. The van der Waals surface area contributed by atoms with Crippen molar-refractivity contribution in [1.29, 1.82) is 0 Å². The molecule has 2 heterocycles. The van der Waals surface area contributed by atoms with Crippen molar-refractivity contribution in [3.63, 3.8) is 0 Å². The van der Waals surface area contributed by atoms with Crippen LogP contribution in [-0.2, 0) is 0 Å². The highest BCUT2D eigenvalue weighted by atomic mass is 19.2. The molecule has 0 bridgehead atoms. The van der Waals surface area contributed by atoms with Gasteiger partial charge >= 0.3 is 0 Å². The number of halogens is 4. The van der Waals surface area contributed by atoms with Crippen molar-refractivity contribution in [2.24, 2.45) is 0 Å². The Hall–Kier alpha value is -1.33. The topological polar surface area (TPSA) is 16.1 Å². The van der Waals surface area contributed by atoms with E-state index in [1.165, 1.54) is 4.90 Å². The van der Waals surface area contributed by atoms with Crippen LogP contribution in [0.25, 0.3) is 0 Å². The second-order valence-electron chi connectivity index (χ2n) is 3.01. The van der Waals surface area contributed by atoms with Gasteiger partial charge in [-0.1, -0.05) is 0 Å². The summed E-state index contributed by atoms with van der Waals surface area (Å²) in [6.07, 6.45) is 0.754. The van der Waals surface area contributed by atoms with Gasteiger partial charge < -0.3 is 4.90 Å². The van der Waals surface area contributed by atoms with Crippen LogP contribution in [-0.4, -0.2) is 18.1 Å². The van der Waals surface area contributed by atoms with Gasteiger partial charge in [0.2, 0.25) is 11.6 Å². The SMILES string of the molecule is Fc1nc(F)c(F)c(N2CCC2)c1F. The number of pyridine rings is 1. The highest BCUT2D eigenvalue weighted by Gasteiger charge is 2.28. The predicted molar refractivity (Wildman–Crippen MR) is 40.9 cm³/mol. The van der Waals surface area contributed by atoms with Crippen molar-refractivity contribution >= 4 is 5.69 Å². The van der Waals surface area contributed by atoms with Crippen LogP contribution in [0.4, 0.5) is 23.2 Å². The molecule has 1 saturated heterocycles. The molecule has 0 aromatic carbocycles. The number of hydrogen-bond donors (Lipinski definition) is 0. The zero-order chi connectivity index (χ0) is 10.3. The maximum atomic E-state index is 13.0. The van der Waals surface area contributed by atoms with Crippen molar-refractivity contribution in [2.75, 3.05) is 18.0 Å². The Morgan fingerprint density at radius 3 is 1.79 bits per heavy atom. The summed E-state index contributed by atoms with van der Waals surface area (Å²) in [5.41, 5.74) is -0.652. The Morgan fingerprint density at radius 2 is 1.43 bits per heavy atom. The Bertz CT molecular complexity index is 350. The lowest BCUT2D eigenvalue weighted by molar-refractivity contribution is 0.400. The van der Waals surface area contributed by atoms with E-state index >= 15 is 0 Å². The van der Waals surface area contributed by atoms with Crippen molar-refractivity contribution < 1.29 is 17.6 Å². The Kier molecular flexibility index (Phi) is 2.05. The van der Waals surface area contributed by atoms with Gasteiger partial charge in [-0.15, -0.1) is 0 Å². The number of rotatable bonds is 1. The minimum atomic E-state index is -1.61. The summed E-state index contributed by atoms with van der Waals surface area (Å²) in [4.78, 5) is 3.70. The van der Waals surface area contributed by atoms with Gasteiger partial charge in [-0.05, 0) is 6.42 Å². The highest BCUT2D eigenvalue weighted by Crippen LogP contribution is 2.29. The Morgan fingerprint density at radius 1 is 0.929 bits per heavy atom. The van der Waals surface area contributed by atoms with Crippen LogP contribution in [0.15, 0.2) is 0 Å². The van der Waals surface area contributed by atoms with Gasteiger partial charge in [0.25, 0.3) is 11.9 Å². The molecular formula is C8H6F4N2. The van der Waals surface area contributed by atoms with E-state index in [1.54, 1.807) is 0 Å². The number of nitrogens with zero attached hydrogens (tertiary/aromatic N) is 2. The number of hydrogen-bond acceptors (Lipinski definition) is 2. The van der Waals surface area contributed by atoms with Crippen LogP contribution in [0.5, 0.6) is 0 Å². The van der Waals surface area contributed by atoms with Crippen LogP contribution in [0, 0.1) is 23.5 Å². The third-order valence-electron chi connectivity index (χ3n) is 2.15. The smallest absolute Gasteiger partial charge is 0.253 e. The summed E-state index contributed by atoms with van der Waals surface area (Å²) in [6.45, 7) is 0.799. The molecule has 6 heteroatoms. The maximum Gasteiger partial charge on any atom is 0.253 e. The molecule has 76 valence electrons. The molecular weight excluding hydrogens is 200 g/mol. The normalized spacial score (nSPS) is 15.6. The standard InChI is InChI=1S/C8H6F4N2/c9-4-6(14-2-1-3-14)5(10)8(12)13-7(4)11/h1-3H2. The van der Waals surface area contributed by atoms with Crippen molar-refractivity contribution in [1.82, 2.24) is 4.98 Å². The number of aromatic nitrogens is 1. The molecule has 0 N–H and O–H groups in total. The van der Waals surface area contributed by atoms with Crippen molar-refractivity contribution in [3.8, 4) is 0 Å². The van der Waals surface area contributed by atoms with E-state index in [0.29, 0.717) is 13.1 Å². The summed E-state index contributed by atoms with van der Waals surface area (Å²) in [7, 11) is 0. The molecule has 0 unspecified atom stereocenters. The van der Waals surface area contributed by atoms with E-state index in [1.807, 2.05) is 0 Å². The molecule has 14 heavy (non-hydrogen) atoms. The lowest BCUT2D eigenvalue weighted by Crippen LogP contribution is -2.38. The lowest BCUT2D eigenvalue weighted by Gasteiger charge is -2.33. The zero-order valence-corrected chi connectivity index (χ0v) is 7.03. The molecule has 1 aliphatic rings. The Labute approximate surface area is 77.2 Å². The van der Waals surface area contributed by atoms with Gasteiger partial charge in [-0.2, -0.15) is 22.5 Å². The summed E-state index contributed by atoms with van der Waals surface area (Å²) < 4.78 is 51.3. The molecule has 1 aromatic heterocycles. The fourth-order valence-corrected chi connectivity index (χ4v) is 1.29. The molecule has 2 rings (SSSR count). The minimum absolute atomic E-state index is 0.400. The first-order valence-electron chi connectivity index (χ1n) is 4.06. The van der Waals surface area contributed by atoms with E-state index in [-0.39, 0.29) is 0 Å². The quantitative estimate of drug-likeness (QED) is 0.515. The van der Waals surface area contributed by atoms with Gasteiger partial charge in [-0.25, -0.2) is 0 Å². The van der Waals surface area contributed by atoms with Crippen LogP contribution in [0.2, 0.25) is 0 Å². The van der Waals surface area contributed by atoms with Gasteiger partial charge in [0.05, 0.1) is 0 Å². The van der Waals surface area contributed by atoms with Crippen LogP contribution >= 0.6 is 0 Å². The van der Waals surface area contributed by atoms with Crippen LogP contribution < -0.4 is 4.90 Å². The first kappa shape index (κ1) is 9.23. The second kappa shape index (κ2) is 3.11. The summed E-state index contributed by atoms with van der Waals surface area (Å²) in [5.74, 6) is -6.07. The second-order valence-corrected chi connectivity index (χ2v) is 3.01. The van der Waals surface area contributed by atoms with Crippen LogP contribution in [0.1, 0.15) is 6.42 Å². The largest absolute Gasteiger partial charge is 0.366 e. The summed E-state index contributed by atoms with van der Waals surface area (Å²) >= 11 is 0. The summed E-state index contributed by atoms with van der Waals surface area (Å²) in [6, 6.07) is 0. The molecule has 1 fully saturated rings. The average Bonchev–Trinajstić information content (AvgIpc) is 2.06. The maximum absolute atomic E-state index is 13.0. The molecule has 0 amide bonds. The first-order valence-corrected chi connectivity index (χ1v) is 4.06. The van der Waals surface area contributed by atoms with Crippen molar-refractivity contribution in [3.05, 3.63) is 23.5 Å². The van der Waals surface area contributed by atoms with Gasteiger partial charge in [-0.3, -0.25) is 0 Å². The van der Waals surface area contributed by atoms with E-state index < -0.39 is 29.2 Å². The third kappa shape index (κ3) is 1.21. The predicted octanol–water partition coefficient (Wildman–Crippen LogP) is 1.85. The monoisotopic (exact) mass is 206 g/mol. The minimum Gasteiger partial charge on any atom is -0.366 e. The fraction of sp³-hybridized carbons (Fsp3) is 0.375. The zero-order valence-electron chi connectivity index (χ0n) is 7.03. The molecule has 2 nitrogen and oxygen atoms in total. The highest BCUT2D eigenvalue weighted by molar-refractivity contribution is 5.50. The van der Waals surface area contributed by atoms with E-state index in [2.05, 4.69) is 4.98 Å².